The molecule has 41 heavy (non-hydrogen) atoms. The number of halogens is 2. The molecule has 3 N–H and O–H groups in total. The summed E-state index contributed by atoms with van der Waals surface area (Å²) in [7, 11) is 0. The van der Waals surface area contributed by atoms with Gasteiger partial charge in [-0.15, -0.1) is 0 Å². The highest BCUT2D eigenvalue weighted by Gasteiger charge is 2.44. The minimum atomic E-state index is -1.57. The fourth-order valence-electron chi connectivity index (χ4n) is 4.68. The molecule has 0 bridgehead atoms. The monoisotopic (exact) mass is 652 g/mol. The van der Waals surface area contributed by atoms with Crippen molar-refractivity contribution < 1.29 is 29.0 Å². The van der Waals surface area contributed by atoms with Crippen LogP contribution in [0.15, 0.2) is 24.4 Å². The maximum atomic E-state index is 13.2. The summed E-state index contributed by atoms with van der Waals surface area (Å²) in [5.74, 6) is -0.976. The van der Waals surface area contributed by atoms with Crippen molar-refractivity contribution in [1.82, 2.24) is 24.7 Å². The molecule has 12 nitrogen and oxygen atoms in total. The average Bonchev–Trinajstić information content (AvgIpc) is 3.42. The fraction of sp³-hybridized carbons (Fsp3) is 0.519. The number of carbonyl (C=O) groups is 4. The van der Waals surface area contributed by atoms with Crippen LogP contribution in [0.25, 0.3) is 0 Å². The number of piperidine rings is 1. The van der Waals surface area contributed by atoms with Crippen molar-refractivity contribution in [3.63, 3.8) is 0 Å². The van der Waals surface area contributed by atoms with Gasteiger partial charge in [-0.3, -0.25) is 14.4 Å². The summed E-state index contributed by atoms with van der Waals surface area (Å²) in [6, 6.07) is 4.63. The van der Waals surface area contributed by atoms with E-state index in [4.69, 9.17) is 16.3 Å². The van der Waals surface area contributed by atoms with Crippen LogP contribution in [0, 0.1) is 0 Å². The molecule has 0 atom stereocenters. The number of hydrogen-bond donors (Lipinski definition) is 3. The number of ether oxygens (including phenoxy) is 1. The van der Waals surface area contributed by atoms with Gasteiger partial charge in [0, 0.05) is 75.0 Å². The Morgan fingerprint density at radius 1 is 1.07 bits per heavy atom. The van der Waals surface area contributed by atoms with Gasteiger partial charge in [-0.2, -0.15) is 0 Å². The molecule has 4 amide bonds. The Morgan fingerprint density at radius 3 is 2.27 bits per heavy atom. The van der Waals surface area contributed by atoms with Crippen LogP contribution in [-0.4, -0.2) is 104 Å². The first kappa shape index (κ1) is 30.8. The number of rotatable bonds is 5. The number of hydrogen-bond acceptors (Lipinski definition) is 7. The Kier molecular flexibility index (Phi) is 9.29. The lowest BCUT2D eigenvalue weighted by Gasteiger charge is -2.42. The molecule has 3 heterocycles. The quantitative estimate of drug-likeness (QED) is 0.420. The van der Waals surface area contributed by atoms with E-state index in [-0.39, 0.29) is 74.4 Å². The van der Waals surface area contributed by atoms with Gasteiger partial charge in [0.2, 0.25) is 0 Å². The van der Waals surface area contributed by atoms with E-state index in [1.54, 1.807) is 48.9 Å². The normalized spacial score (nSPS) is 17.3. The van der Waals surface area contributed by atoms with Gasteiger partial charge in [0.1, 0.15) is 11.2 Å². The van der Waals surface area contributed by atoms with E-state index < -0.39 is 29.1 Å². The molecule has 0 saturated carbocycles. The van der Waals surface area contributed by atoms with E-state index in [0.29, 0.717) is 11.0 Å². The first-order valence-corrected chi connectivity index (χ1v) is 14.8. The molecular weight excluding hydrogens is 620 g/mol. The summed E-state index contributed by atoms with van der Waals surface area (Å²) in [6.45, 7) is 6.83. The number of amides is 4. The van der Waals surface area contributed by atoms with Gasteiger partial charge in [0.25, 0.3) is 17.7 Å². The minimum absolute atomic E-state index is 0.111. The second-order valence-electron chi connectivity index (χ2n) is 11.1. The van der Waals surface area contributed by atoms with Gasteiger partial charge < -0.3 is 34.8 Å². The Labute approximate surface area is 251 Å². The number of nitrogens with zero attached hydrogens (tertiary/aromatic N) is 4. The fourth-order valence-corrected chi connectivity index (χ4v) is 5.22. The lowest BCUT2D eigenvalue weighted by molar-refractivity contribution is -0.157. The number of aromatic nitrogens is 2. The third-order valence-electron chi connectivity index (χ3n) is 6.94. The molecule has 1 aromatic heterocycles. The largest absolute Gasteiger partial charge is 0.444 e. The Balaban J connectivity index is 1.29. The van der Waals surface area contributed by atoms with Gasteiger partial charge in [0.15, 0.2) is 5.82 Å². The predicted octanol–water partition coefficient (Wildman–Crippen LogP) is 3.26. The van der Waals surface area contributed by atoms with Crippen molar-refractivity contribution in [2.24, 2.45) is 0 Å². The summed E-state index contributed by atoms with van der Waals surface area (Å²) in [4.78, 5) is 62.7. The third-order valence-corrected chi connectivity index (χ3v) is 7.86. The van der Waals surface area contributed by atoms with Crippen LogP contribution >= 0.6 is 27.5 Å². The number of piperazine rings is 1. The molecule has 0 radical (unpaired) electrons. The van der Waals surface area contributed by atoms with E-state index in [1.807, 2.05) is 0 Å². The van der Waals surface area contributed by atoms with E-state index in [2.05, 4.69) is 31.2 Å². The van der Waals surface area contributed by atoms with Gasteiger partial charge in [-0.1, -0.05) is 27.5 Å². The van der Waals surface area contributed by atoms with Crippen LogP contribution in [-0.2, 0) is 14.9 Å². The van der Waals surface area contributed by atoms with Crippen molar-refractivity contribution in [3.8, 4) is 0 Å². The summed E-state index contributed by atoms with van der Waals surface area (Å²) in [5, 5.41) is 14.5. The molecule has 222 valence electrons. The van der Waals surface area contributed by atoms with E-state index in [9.17, 15) is 24.3 Å². The topological polar surface area (TPSA) is 148 Å². The zero-order valence-corrected chi connectivity index (χ0v) is 25.5. The molecule has 2 aliphatic heterocycles. The number of alkyl halides is 1. The smallest absolute Gasteiger partial charge is 0.410 e. The van der Waals surface area contributed by atoms with Gasteiger partial charge >= 0.3 is 6.09 Å². The second-order valence-corrected chi connectivity index (χ2v) is 12.1. The van der Waals surface area contributed by atoms with Crippen LogP contribution in [0.4, 0.5) is 10.5 Å². The summed E-state index contributed by atoms with van der Waals surface area (Å²) >= 11 is 9.70. The first-order chi connectivity index (χ1) is 19.3. The van der Waals surface area contributed by atoms with Crippen molar-refractivity contribution in [1.29, 1.82) is 0 Å². The zero-order valence-electron chi connectivity index (χ0n) is 23.2. The number of aliphatic hydroxyl groups is 1. The number of aromatic amines is 1. The van der Waals surface area contributed by atoms with E-state index >= 15 is 0 Å². The first-order valence-electron chi connectivity index (χ1n) is 13.3. The van der Waals surface area contributed by atoms with E-state index in [1.165, 1.54) is 11.0 Å². The highest BCUT2D eigenvalue weighted by molar-refractivity contribution is 9.08. The van der Waals surface area contributed by atoms with Gasteiger partial charge in [0.05, 0.1) is 10.6 Å². The molecule has 2 aromatic rings. The number of nitrogens with one attached hydrogen (secondary N) is 2. The number of H-pyrrole nitrogens is 1. The van der Waals surface area contributed by atoms with Crippen LogP contribution in [0.1, 0.15) is 60.3 Å². The minimum Gasteiger partial charge on any atom is -0.444 e. The number of anilines is 1. The van der Waals surface area contributed by atoms with E-state index in [0.717, 1.165) is 5.69 Å². The lowest BCUT2D eigenvalue weighted by atomic mass is 9.89. The third kappa shape index (κ3) is 7.38. The Morgan fingerprint density at radius 2 is 1.71 bits per heavy atom. The molecule has 2 fully saturated rings. The number of imidazole rings is 1. The number of benzene rings is 1. The number of likely N-dealkylation sites (tertiary alicyclic amines) is 1. The molecule has 14 heteroatoms. The van der Waals surface area contributed by atoms with Crippen molar-refractivity contribution in [2.75, 3.05) is 44.6 Å². The zero-order chi connectivity index (χ0) is 29.9. The van der Waals surface area contributed by atoms with Crippen LogP contribution in [0.5, 0.6) is 0 Å². The average molecular weight is 654 g/mol. The summed E-state index contributed by atoms with van der Waals surface area (Å²) < 4.78 is 5.39. The molecular formula is C27H34BrClN6O6. The SMILES string of the molecule is CC(C)(C)OC(=O)N1CCC(O)(C(=O)N2CCN(C(=O)c3ccc(NC(=O)c4ncc(CBr)[nH]4)cc3Cl)CC2)CC1. The second kappa shape index (κ2) is 12.4. The maximum Gasteiger partial charge on any atom is 0.410 e. The summed E-state index contributed by atoms with van der Waals surface area (Å²) in [6.07, 6.45) is 1.32. The molecule has 0 spiro atoms. The highest BCUT2D eigenvalue weighted by atomic mass is 79.9. The number of carbonyl (C=O) groups excluding carboxylic acids is 4. The maximum absolute atomic E-state index is 13.2. The Bertz CT molecular complexity index is 1310. The van der Waals surface area contributed by atoms with Gasteiger partial charge in [-0.25, -0.2) is 9.78 Å². The summed E-state index contributed by atoms with van der Waals surface area (Å²) in [5.41, 5.74) is -0.752. The Hall–Kier alpha value is -3.16. The molecule has 1 aromatic carbocycles. The van der Waals surface area contributed by atoms with Gasteiger partial charge in [-0.05, 0) is 39.0 Å². The molecule has 2 aliphatic rings. The van der Waals surface area contributed by atoms with Crippen molar-refractivity contribution in [3.05, 3.63) is 46.5 Å². The lowest BCUT2D eigenvalue weighted by Crippen LogP contribution is -2.59. The molecule has 0 aliphatic carbocycles. The highest BCUT2D eigenvalue weighted by Crippen LogP contribution is 2.28. The standard InChI is InChI=1S/C27H34BrClN6O6/c1-26(2,3)41-25(39)35-8-6-27(40,7-9-35)24(38)34-12-10-33(11-13-34)23(37)19-5-4-17(14-20(19)29)32-22(36)21-30-16-18(15-28)31-21/h4-5,14,16,40H,6-13,15H2,1-3H3,(H,30,31)(H,32,36). The molecule has 4 rings (SSSR count). The van der Waals surface area contributed by atoms with Crippen LogP contribution < -0.4 is 5.32 Å². The molecule has 2 saturated heterocycles. The molecule has 0 unspecified atom stereocenters. The van der Waals surface area contributed by atoms with Crippen molar-refractivity contribution >= 4 is 57.0 Å². The van der Waals surface area contributed by atoms with Crippen LogP contribution in [0.2, 0.25) is 5.02 Å². The predicted molar refractivity (Wildman–Crippen MR) is 155 cm³/mol. The van der Waals surface area contributed by atoms with Crippen molar-refractivity contribution in [2.45, 2.75) is 50.1 Å². The van der Waals surface area contributed by atoms with Crippen LogP contribution in [0.3, 0.4) is 0 Å².